The lowest BCUT2D eigenvalue weighted by Crippen LogP contribution is -2.15. The number of H-pyrrole nitrogens is 1. The maximum absolute atomic E-state index is 11.6. The van der Waals surface area contributed by atoms with Crippen LogP contribution in [0, 0.1) is 0 Å². The van der Waals surface area contributed by atoms with Gasteiger partial charge < -0.3 is 5.11 Å². The number of thioether (sulfide) groups is 1. The second-order valence-electron chi connectivity index (χ2n) is 3.83. The lowest BCUT2D eigenvalue weighted by molar-refractivity contribution is -0.136. The maximum atomic E-state index is 11.6. The molecule has 1 unspecified atom stereocenters. The van der Waals surface area contributed by atoms with Gasteiger partial charge in [-0.2, -0.15) is 16.3 Å². The molecule has 0 spiro atoms. The summed E-state index contributed by atoms with van der Waals surface area (Å²) in [6.07, 6.45) is 1.49. The standard InChI is InChI=1S/C10H12N4O3S/c1-6(2-9(16)17)18-4-7-3-8(15)14-10(13-7)11-5-12-14/h3,5-6H,2,4H2,1H3,(H,16,17)(H,11,12,13). The minimum absolute atomic E-state index is 0.0260. The molecule has 0 saturated heterocycles. The zero-order valence-corrected chi connectivity index (χ0v) is 10.5. The summed E-state index contributed by atoms with van der Waals surface area (Å²) in [6.45, 7) is 1.83. The van der Waals surface area contributed by atoms with Crippen molar-refractivity contribution in [1.82, 2.24) is 19.6 Å². The first-order valence-corrected chi connectivity index (χ1v) is 6.36. The van der Waals surface area contributed by atoms with Crippen LogP contribution >= 0.6 is 11.8 Å². The lowest BCUT2D eigenvalue weighted by atomic mass is 10.3. The molecule has 2 N–H and O–H groups in total. The van der Waals surface area contributed by atoms with E-state index in [-0.39, 0.29) is 17.2 Å². The summed E-state index contributed by atoms with van der Waals surface area (Å²) in [4.78, 5) is 30.3. The van der Waals surface area contributed by atoms with E-state index in [0.29, 0.717) is 17.2 Å². The second-order valence-corrected chi connectivity index (χ2v) is 5.25. The van der Waals surface area contributed by atoms with Gasteiger partial charge in [0, 0.05) is 17.1 Å². The number of nitrogens with zero attached hydrogens (tertiary/aromatic N) is 3. The van der Waals surface area contributed by atoms with Crippen LogP contribution in [-0.4, -0.2) is 35.9 Å². The van der Waals surface area contributed by atoms with Crippen molar-refractivity contribution >= 4 is 23.5 Å². The van der Waals surface area contributed by atoms with Crippen LogP contribution in [0.25, 0.3) is 5.78 Å². The van der Waals surface area contributed by atoms with Crippen LogP contribution in [0.1, 0.15) is 19.0 Å². The fraction of sp³-hybridized carbons (Fsp3) is 0.400. The summed E-state index contributed by atoms with van der Waals surface area (Å²) >= 11 is 1.45. The Morgan fingerprint density at radius 2 is 2.44 bits per heavy atom. The van der Waals surface area contributed by atoms with E-state index in [1.807, 2.05) is 6.92 Å². The molecule has 0 aromatic carbocycles. The molecular weight excluding hydrogens is 256 g/mol. The SMILES string of the molecule is CC(CC(=O)O)SCc1cc(=O)n2[nH]cnc2n1. The van der Waals surface area contributed by atoms with Crippen LogP contribution in [0.3, 0.4) is 0 Å². The first-order valence-electron chi connectivity index (χ1n) is 5.31. The van der Waals surface area contributed by atoms with Crippen molar-refractivity contribution < 1.29 is 9.90 Å². The summed E-state index contributed by atoms with van der Waals surface area (Å²) < 4.78 is 1.24. The number of aromatic amines is 1. The van der Waals surface area contributed by atoms with E-state index in [4.69, 9.17) is 5.11 Å². The monoisotopic (exact) mass is 268 g/mol. The Labute approximate surface area is 106 Å². The largest absolute Gasteiger partial charge is 0.481 e. The topological polar surface area (TPSA) is 100 Å². The minimum Gasteiger partial charge on any atom is -0.481 e. The summed E-state index contributed by atoms with van der Waals surface area (Å²) in [5.41, 5.74) is 0.383. The summed E-state index contributed by atoms with van der Waals surface area (Å²) in [5, 5.41) is 11.3. The van der Waals surface area contributed by atoms with Crippen LogP contribution in [0.4, 0.5) is 0 Å². The average molecular weight is 268 g/mol. The van der Waals surface area contributed by atoms with Crippen molar-refractivity contribution in [2.45, 2.75) is 24.3 Å². The Kier molecular flexibility index (Phi) is 3.66. The van der Waals surface area contributed by atoms with Gasteiger partial charge >= 0.3 is 5.97 Å². The fourth-order valence-electron chi connectivity index (χ4n) is 1.48. The van der Waals surface area contributed by atoms with Gasteiger partial charge in [0.2, 0.25) is 0 Å². The van der Waals surface area contributed by atoms with E-state index in [1.165, 1.54) is 28.7 Å². The number of carbonyl (C=O) groups is 1. The van der Waals surface area contributed by atoms with E-state index < -0.39 is 5.97 Å². The highest BCUT2D eigenvalue weighted by Crippen LogP contribution is 2.18. The molecule has 0 radical (unpaired) electrons. The number of aromatic nitrogens is 4. The molecule has 0 fully saturated rings. The summed E-state index contributed by atoms with van der Waals surface area (Å²) in [6, 6.07) is 1.42. The molecule has 2 heterocycles. The number of rotatable bonds is 5. The average Bonchev–Trinajstić information content (AvgIpc) is 2.74. The molecule has 1 atom stereocenters. The number of carboxylic acid groups (broad SMARTS) is 1. The van der Waals surface area contributed by atoms with Crippen molar-refractivity contribution in [1.29, 1.82) is 0 Å². The van der Waals surface area contributed by atoms with Crippen molar-refractivity contribution in [2.24, 2.45) is 0 Å². The highest BCUT2D eigenvalue weighted by Gasteiger charge is 2.10. The van der Waals surface area contributed by atoms with Crippen LogP contribution in [0.2, 0.25) is 0 Å². The molecule has 0 saturated carbocycles. The molecular formula is C10H12N4O3S. The third-order valence-corrected chi connectivity index (χ3v) is 3.50. The van der Waals surface area contributed by atoms with Gasteiger partial charge in [-0.05, 0) is 0 Å². The van der Waals surface area contributed by atoms with Crippen molar-refractivity contribution in [2.75, 3.05) is 0 Å². The minimum atomic E-state index is -0.828. The molecule has 2 aromatic rings. The van der Waals surface area contributed by atoms with E-state index in [2.05, 4.69) is 15.1 Å². The molecule has 0 amide bonds. The Hall–Kier alpha value is -1.83. The second kappa shape index (κ2) is 5.21. The Bertz CT molecular complexity index is 621. The van der Waals surface area contributed by atoms with Crippen molar-refractivity contribution in [3.8, 4) is 0 Å². The first-order chi connectivity index (χ1) is 8.56. The van der Waals surface area contributed by atoms with Gasteiger partial charge in [0.05, 0.1) is 12.1 Å². The van der Waals surface area contributed by atoms with E-state index in [1.54, 1.807) is 0 Å². The van der Waals surface area contributed by atoms with E-state index >= 15 is 0 Å². The Morgan fingerprint density at radius 3 is 3.17 bits per heavy atom. The van der Waals surface area contributed by atoms with Gasteiger partial charge in [-0.25, -0.2) is 9.97 Å². The number of nitrogens with one attached hydrogen (secondary N) is 1. The van der Waals surface area contributed by atoms with Crippen molar-refractivity contribution in [3.05, 3.63) is 28.4 Å². The lowest BCUT2D eigenvalue weighted by Gasteiger charge is -2.07. The quantitative estimate of drug-likeness (QED) is 0.819. The Morgan fingerprint density at radius 1 is 1.67 bits per heavy atom. The smallest absolute Gasteiger partial charge is 0.304 e. The number of aliphatic carboxylic acids is 1. The molecule has 0 aliphatic heterocycles. The normalized spacial score (nSPS) is 12.7. The van der Waals surface area contributed by atoms with Gasteiger partial charge in [-0.3, -0.25) is 14.7 Å². The maximum Gasteiger partial charge on any atom is 0.304 e. The number of hydrogen-bond acceptors (Lipinski definition) is 5. The molecule has 18 heavy (non-hydrogen) atoms. The Balaban J connectivity index is 2.08. The van der Waals surface area contributed by atoms with Crippen LogP contribution in [0.15, 0.2) is 17.2 Å². The summed E-state index contributed by atoms with van der Waals surface area (Å²) in [5.74, 6) is -0.0117. The van der Waals surface area contributed by atoms with E-state index in [9.17, 15) is 9.59 Å². The predicted molar refractivity (Wildman–Crippen MR) is 66.6 cm³/mol. The van der Waals surface area contributed by atoms with E-state index in [0.717, 1.165) is 0 Å². The van der Waals surface area contributed by atoms with Gasteiger partial charge in [0.15, 0.2) is 0 Å². The van der Waals surface area contributed by atoms with Crippen LogP contribution in [0.5, 0.6) is 0 Å². The number of fused-ring (bicyclic) bond motifs is 1. The highest BCUT2D eigenvalue weighted by atomic mass is 32.2. The summed E-state index contributed by atoms with van der Waals surface area (Å²) in [7, 11) is 0. The third kappa shape index (κ3) is 2.89. The zero-order chi connectivity index (χ0) is 13.1. The highest BCUT2D eigenvalue weighted by molar-refractivity contribution is 7.99. The third-order valence-electron chi connectivity index (χ3n) is 2.30. The molecule has 2 rings (SSSR count). The first kappa shape index (κ1) is 12.6. The van der Waals surface area contributed by atoms with Gasteiger partial charge in [0.1, 0.15) is 6.33 Å². The molecule has 8 heteroatoms. The molecule has 2 aromatic heterocycles. The predicted octanol–water partition coefficient (Wildman–Crippen LogP) is 0.514. The number of carboxylic acids is 1. The molecule has 0 aliphatic carbocycles. The zero-order valence-electron chi connectivity index (χ0n) is 9.66. The van der Waals surface area contributed by atoms with Crippen LogP contribution in [-0.2, 0) is 10.5 Å². The number of hydrogen-bond donors (Lipinski definition) is 2. The fourth-order valence-corrected chi connectivity index (χ4v) is 2.34. The molecule has 7 nitrogen and oxygen atoms in total. The molecule has 96 valence electrons. The molecule has 0 bridgehead atoms. The van der Waals surface area contributed by atoms with Crippen molar-refractivity contribution in [3.63, 3.8) is 0 Å². The van der Waals surface area contributed by atoms with Crippen LogP contribution < -0.4 is 5.56 Å². The van der Waals surface area contributed by atoms with Gasteiger partial charge in [-0.1, -0.05) is 6.92 Å². The van der Waals surface area contributed by atoms with Gasteiger partial charge in [-0.15, -0.1) is 0 Å². The van der Waals surface area contributed by atoms with Gasteiger partial charge in [0.25, 0.3) is 11.3 Å². The molecule has 0 aliphatic rings.